The van der Waals surface area contributed by atoms with Gasteiger partial charge in [-0.1, -0.05) is 39.8 Å². The molecule has 0 saturated carbocycles. The van der Waals surface area contributed by atoms with Crippen LogP contribution in [-0.2, 0) is 9.53 Å². The summed E-state index contributed by atoms with van der Waals surface area (Å²) in [6, 6.07) is 5.62. The lowest BCUT2D eigenvalue weighted by atomic mass is 9.80. The molecule has 0 spiro atoms. The molecule has 3 unspecified atom stereocenters. The molecule has 9 heteroatoms. The van der Waals surface area contributed by atoms with E-state index >= 15 is 0 Å². The van der Waals surface area contributed by atoms with Crippen LogP contribution in [0.15, 0.2) is 30.4 Å². The molecule has 0 saturated heterocycles. The van der Waals surface area contributed by atoms with Crippen molar-refractivity contribution in [1.29, 1.82) is 0 Å². The lowest BCUT2D eigenvalue weighted by Crippen LogP contribution is -2.58. The Morgan fingerprint density at radius 2 is 1.61 bits per heavy atom. The maximum Gasteiger partial charge on any atom is 0.449 e. The highest BCUT2D eigenvalue weighted by molar-refractivity contribution is 5.79. The largest absolute Gasteiger partial charge is 0.493 e. The summed E-state index contributed by atoms with van der Waals surface area (Å²) < 4.78 is 16.8. The van der Waals surface area contributed by atoms with Crippen LogP contribution in [0.25, 0.3) is 0 Å². The average molecular weight is 579 g/mol. The van der Waals surface area contributed by atoms with Crippen LogP contribution in [0, 0.1) is 23.7 Å². The van der Waals surface area contributed by atoms with Gasteiger partial charge < -0.3 is 24.2 Å². The Morgan fingerprint density at radius 1 is 0.976 bits per heavy atom. The fourth-order valence-corrected chi connectivity index (χ4v) is 5.48. The van der Waals surface area contributed by atoms with Crippen LogP contribution < -0.4 is 14.9 Å². The van der Waals surface area contributed by atoms with Crippen LogP contribution >= 0.6 is 0 Å². The van der Waals surface area contributed by atoms with E-state index in [0.29, 0.717) is 44.2 Å². The molecule has 3 atom stereocenters. The van der Waals surface area contributed by atoms with Gasteiger partial charge in [0.15, 0.2) is 11.5 Å². The van der Waals surface area contributed by atoms with Gasteiger partial charge in [0.25, 0.3) is 0 Å². The maximum atomic E-state index is 13.1. The van der Waals surface area contributed by atoms with E-state index in [-0.39, 0.29) is 40.2 Å². The van der Waals surface area contributed by atoms with Crippen LogP contribution in [0.5, 0.6) is 11.5 Å². The van der Waals surface area contributed by atoms with Crippen LogP contribution in [-0.4, -0.2) is 81.2 Å². The van der Waals surface area contributed by atoms with Gasteiger partial charge in [-0.05, 0) is 56.7 Å². The van der Waals surface area contributed by atoms with E-state index in [2.05, 4.69) is 45.3 Å². The number of methoxy groups -OCH3 is 2. The number of nitrogens with zero attached hydrogens (tertiary/aromatic N) is 2. The molecule has 0 aromatic heterocycles. The van der Waals surface area contributed by atoms with E-state index in [9.17, 15) is 14.7 Å². The molecule has 2 amide bonds. The quantitative estimate of drug-likeness (QED) is 0.0883. The molecule has 1 aromatic rings. The van der Waals surface area contributed by atoms with Gasteiger partial charge in [0.05, 0.1) is 27.8 Å². The van der Waals surface area contributed by atoms with Crippen LogP contribution in [0.4, 0.5) is 4.79 Å². The van der Waals surface area contributed by atoms with Gasteiger partial charge in [-0.3, -0.25) is 4.79 Å². The van der Waals surface area contributed by atoms with Gasteiger partial charge in [-0.25, -0.2) is 9.39 Å². The van der Waals surface area contributed by atoms with Crippen molar-refractivity contribution in [2.75, 3.05) is 54.6 Å². The standard InChI is InChI=1S/C32H55N3O6/c1-11-34(12-2)31(36)27(24(5)6)17-14-13-16-26(23(3)4)30(35(7,8)33-32(37)38)25-18-19-28(40-10)29(22-25)41-21-15-20-39-9/h13-14,18-19,22-24,26-27,30,33H,11-12,15-17,20-21H2,1-10H3/p+1/b14-13+. The number of hydrogen-bond acceptors (Lipinski definition) is 5. The molecule has 0 aliphatic heterocycles. The Labute approximate surface area is 248 Å². The number of carbonyl (C=O) groups excluding carboxylic acids is 1. The summed E-state index contributed by atoms with van der Waals surface area (Å²) in [4.78, 5) is 26.9. The van der Waals surface area contributed by atoms with E-state index < -0.39 is 6.09 Å². The summed E-state index contributed by atoms with van der Waals surface area (Å²) in [7, 11) is 7.02. The zero-order valence-electron chi connectivity index (χ0n) is 27.1. The Bertz CT molecular complexity index is 959. The van der Waals surface area contributed by atoms with E-state index in [1.807, 2.05) is 51.0 Å². The van der Waals surface area contributed by atoms with Crippen LogP contribution in [0.3, 0.4) is 0 Å². The highest BCUT2D eigenvalue weighted by atomic mass is 16.5. The number of nitrogens with one attached hydrogen (secondary N) is 1. The second kappa shape index (κ2) is 17.9. The topological polar surface area (TPSA) is 97.3 Å². The Kier molecular flexibility index (Phi) is 15.8. The van der Waals surface area contributed by atoms with Crippen molar-refractivity contribution >= 4 is 12.0 Å². The third-order valence-corrected chi connectivity index (χ3v) is 7.78. The summed E-state index contributed by atoms with van der Waals surface area (Å²) in [6.45, 7) is 15.1. The normalized spacial score (nSPS) is 14.2. The number of allylic oxidation sites excluding steroid dienone is 2. The zero-order valence-corrected chi connectivity index (χ0v) is 27.1. The van der Waals surface area contributed by atoms with Crippen molar-refractivity contribution in [3.8, 4) is 11.5 Å². The Hall–Kier alpha value is -2.78. The van der Waals surface area contributed by atoms with Gasteiger partial charge in [0, 0.05) is 50.6 Å². The second-order valence-corrected chi connectivity index (χ2v) is 11.7. The van der Waals surface area contributed by atoms with Crippen molar-refractivity contribution in [2.24, 2.45) is 23.7 Å². The third-order valence-electron chi connectivity index (χ3n) is 7.78. The van der Waals surface area contributed by atoms with Crippen molar-refractivity contribution in [3.63, 3.8) is 0 Å². The summed E-state index contributed by atoms with van der Waals surface area (Å²) in [5.41, 5.74) is 3.67. The highest BCUT2D eigenvalue weighted by Crippen LogP contribution is 2.41. The van der Waals surface area contributed by atoms with Gasteiger partial charge in [-0.15, -0.1) is 0 Å². The second-order valence-electron chi connectivity index (χ2n) is 11.7. The van der Waals surface area contributed by atoms with Crippen LogP contribution in [0.2, 0.25) is 0 Å². The van der Waals surface area contributed by atoms with Crippen LogP contribution in [0.1, 0.15) is 72.4 Å². The number of benzene rings is 1. The smallest absolute Gasteiger partial charge is 0.449 e. The summed E-state index contributed by atoms with van der Waals surface area (Å²) in [5, 5.41) is 9.70. The molecule has 0 bridgehead atoms. The summed E-state index contributed by atoms with van der Waals surface area (Å²) in [6.07, 6.45) is 5.35. The lowest BCUT2D eigenvalue weighted by molar-refractivity contribution is -0.959. The lowest BCUT2D eigenvalue weighted by Gasteiger charge is -2.42. The van der Waals surface area contributed by atoms with Crippen molar-refractivity contribution in [1.82, 2.24) is 10.3 Å². The van der Waals surface area contributed by atoms with E-state index in [1.54, 1.807) is 14.2 Å². The summed E-state index contributed by atoms with van der Waals surface area (Å²) >= 11 is 0. The van der Waals surface area contributed by atoms with Gasteiger partial charge in [0.1, 0.15) is 6.04 Å². The Morgan fingerprint density at radius 3 is 2.12 bits per heavy atom. The minimum atomic E-state index is -1.09. The van der Waals surface area contributed by atoms with Crippen molar-refractivity contribution in [3.05, 3.63) is 35.9 Å². The molecule has 1 rings (SSSR count). The highest BCUT2D eigenvalue weighted by Gasteiger charge is 2.40. The molecular weight excluding hydrogens is 522 g/mol. The summed E-state index contributed by atoms with van der Waals surface area (Å²) in [5.74, 6) is 1.93. The molecule has 1 aromatic carbocycles. The molecule has 234 valence electrons. The van der Waals surface area contributed by atoms with Gasteiger partial charge in [0.2, 0.25) is 5.91 Å². The molecule has 0 radical (unpaired) electrons. The van der Waals surface area contributed by atoms with E-state index in [1.165, 1.54) is 0 Å². The molecule has 9 nitrogen and oxygen atoms in total. The monoisotopic (exact) mass is 578 g/mol. The molecular formula is C32H56N3O6+. The minimum Gasteiger partial charge on any atom is -0.493 e. The third kappa shape index (κ3) is 11.2. The number of carbonyl (C=O) groups is 2. The van der Waals surface area contributed by atoms with Gasteiger partial charge in [-0.2, -0.15) is 5.43 Å². The number of hydrogen-bond donors (Lipinski definition) is 2. The van der Waals surface area contributed by atoms with Crippen molar-refractivity contribution in [2.45, 2.75) is 66.8 Å². The first-order valence-electron chi connectivity index (χ1n) is 14.9. The number of ether oxygens (including phenoxy) is 3. The fraction of sp³-hybridized carbons (Fsp3) is 0.688. The Balaban J connectivity index is 3.39. The first-order valence-corrected chi connectivity index (χ1v) is 14.9. The maximum absolute atomic E-state index is 13.1. The molecule has 0 heterocycles. The van der Waals surface area contributed by atoms with Crippen molar-refractivity contribution < 1.29 is 33.5 Å². The number of carboxylic acid groups (broad SMARTS) is 1. The molecule has 41 heavy (non-hydrogen) atoms. The molecule has 0 fully saturated rings. The zero-order chi connectivity index (χ0) is 31.2. The molecule has 0 aliphatic rings. The average Bonchev–Trinajstić information content (AvgIpc) is 2.89. The molecule has 0 aliphatic carbocycles. The van der Waals surface area contributed by atoms with E-state index in [0.717, 1.165) is 18.4 Å². The predicted molar refractivity (Wildman–Crippen MR) is 164 cm³/mol. The fourth-order valence-electron chi connectivity index (χ4n) is 5.48. The number of amides is 2. The first-order chi connectivity index (χ1) is 19.3. The number of quaternary nitrogens is 1. The number of rotatable bonds is 19. The SMILES string of the molecule is CCN(CC)C(=O)C(C/C=C/CC(C(C)C)C(c1ccc(OC)c(OCCCOC)c1)[N+](C)(C)NC(=O)O)C(C)C. The van der Waals surface area contributed by atoms with Gasteiger partial charge >= 0.3 is 6.09 Å². The first kappa shape index (κ1) is 36.2. The molecule has 2 N–H and O–H groups in total. The predicted octanol–water partition coefficient (Wildman–Crippen LogP) is 6.16. The minimum absolute atomic E-state index is 0.0382. The van der Waals surface area contributed by atoms with E-state index in [4.69, 9.17) is 14.2 Å².